The standard InChI is InChI=1S/C13H19NO2S/c1-16-11-8-9(14)6-7-13(11)17-12-5-3-2-4-10(12)15/h6-8,10,12,15H,2-5,14H2,1H3. The molecule has 1 fully saturated rings. The molecule has 0 bridgehead atoms. The highest BCUT2D eigenvalue weighted by Crippen LogP contribution is 2.39. The molecule has 3 nitrogen and oxygen atoms in total. The van der Waals surface area contributed by atoms with Gasteiger partial charge in [-0.1, -0.05) is 12.8 Å². The maximum Gasteiger partial charge on any atom is 0.134 e. The Balaban J connectivity index is 2.11. The highest BCUT2D eigenvalue weighted by Gasteiger charge is 2.24. The van der Waals surface area contributed by atoms with Crippen LogP contribution in [-0.4, -0.2) is 23.6 Å². The molecule has 2 atom stereocenters. The molecule has 0 heterocycles. The van der Waals surface area contributed by atoms with Crippen molar-refractivity contribution >= 4 is 17.4 Å². The van der Waals surface area contributed by atoms with Crippen LogP contribution in [0, 0.1) is 0 Å². The molecule has 1 aliphatic rings. The summed E-state index contributed by atoms with van der Waals surface area (Å²) in [5, 5.41) is 10.2. The second kappa shape index (κ2) is 5.65. The van der Waals surface area contributed by atoms with Gasteiger partial charge in [0.15, 0.2) is 0 Å². The Kier molecular flexibility index (Phi) is 4.18. The lowest BCUT2D eigenvalue weighted by Gasteiger charge is -2.27. The number of aliphatic hydroxyl groups is 1. The minimum atomic E-state index is -0.198. The second-order valence-electron chi connectivity index (χ2n) is 4.42. The van der Waals surface area contributed by atoms with Crippen LogP contribution in [0.1, 0.15) is 25.7 Å². The van der Waals surface area contributed by atoms with E-state index >= 15 is 0 Å². The number of thioether (sulfide) groups is 1. The van der Waals surface area contributed by atoms with Gasteiger partial charge in [-0.2, -0.15) is 0 Å². The Morgan fingerprint density at radius 1 is 1.35 bits per heavy atom. The van der Waals surface area contributed by atoms with E-state index in [1.54, 1.807) is 18.9 Å². The van der Waals surface area contributed by atoms with E-state index in [0.29, 0.717) is 5.69 Å². The lowest BCUT2D eigenvalue weighted by molar-refractivity contribution is 0.137. The molecule has 17 heavy (non-hydrogen) atoms. The summed E-state index contributed by atoms with van der Waals surface area (Å²) in [6.45, 7) is 0. The maximum absolute atomic E-state index is 9.96. The van der Waals surface area contributed by atoms with E-state index in [2.05, 4.69) is 0 Å². The Morgan fingerprint density at radius 2 is 2.12 bits per heavy atom. The van der Waals surface area contributed by atoms with Gasteiger partial charge in [-0.05, 0) is 25.0 Å². The number of anilines is 1. The van der Waals surface area contributed by atoms with Gasteiger partial charge < -0.3 is 15.6 Å². The van der Waals surface area contributed by atoms with E-state index in [9.17, 15) is 5.11 Å². The van der Waals surface area contributed by atoms with Crippen LogP contribution in [-0.2, 0) is 0 Å². The smallest absolute Gasteiger partial charge is 0.134 e. The first-order valence-corrected chi connectivity index (χ1v) is 6.87. The number of hydrogen-bond donors (Lipinski definition) is 2. The molecule has 0 aromatic heterocycles. The maximum atomic E-state index is 9.96. The summed E-state index contributed by atoms with van der Waals surface area (Å²) in [4.78, 5) is 1.06. The van der Waals surface area contributed by atoms with Gasteiger partial charge in [0.1, 0.15) is 5.75 Å². The predicted octanol–water partition coefficient (Wildman–Crippen LogP) is 2.67. The molecule has 1 aromatic carbocycles. The number of methoxy groups -OCH3 is 1. The van der Waals surface area contributed by atoms with Crippen LogP contribution in [0.3, 0.4) is 0 Å². The van der Waals surface area contributed by atoms with Gasteiger partial charge in [-0.25, -0.2) is 0 Å². The quantitative estimate of drug-likeness (QED) is 0.813. The second-order valence-corrected chi connectivity index (χ2v) is 5.70. The lowest BCUT2D eigenvalue weighted by Crippen LogP contribution is -2.26. The van der Waals surface area contributed by atoms with Crippen molar-refractivity contribution in [3.05, 3.63) is 18.2 Å². The molecule has 0 aliphatic heterocycles. The summed E-state index contributed by atoms with van der Waals surface area (Å²) in [5.74, 6) is 0.799. The van der Waals surface area contributed by atoms with E-state index < -0.39 is 0 Å². The van der Waals surface area contributed by atoms with Gasteiger partial charge in [-0.15, -0.1) is 11.8 Å². The number of benzene rings is 1. The first-order chi connectivity index (χ1) is 8.20. The third-order valence-electron chi connectivity index (χ3n) is 3.13. The molecule has 2 unspecified atom stereocenters. The van der Waals surface area contributed by atoms with Crippen molar-refractivity contribution < 1.29 is 9.84 Å². The largest absolute Gasteiger partial charge is 0.496 e. The highest BCUT2D eigenvalue weighted by atomic mass is 32.2. The Labute approximate surface area is 106 Å². The summed E-state index contributed by atoms with van der Waals surface area (Å²) in [7, 11) is 1.65. The zero-order valence-electron chi connectivity index (χ0n) is 10.1. The molecule has 2 rings (SSSR count). The zero-order valence-corrected chi connectivity index (χ0v) is 10.9. The van der Waals surface area contributed by atoms with Crippen molar-refractivity contribution in [2.75, 3.05) is 12.8 Å². The van der Waals surface area contributed by atoms with E-state index in [0.717, 1.165) is 29.9 Å². The van der Waals surface area contributed by atoms with Crippen molar-refractivity contribution in [3.8, 4) is 5.75 Å². The number of nitrogen functional groups attached to an aromatic ring is 1. The fourth-order valence-corrected chi connectivity index (χ4v) is 3.47. The molecule has 0 radical (unpaired) electrons. The van der Waals surface area contributed by atoms with Gasteiger partial charge >= 0.3 is 0 Å². The van der Waals surface area contributed by atoms with E-state index in [1.165, 1.54) is 6.42 Å². The first-order valence-electron chi connectivity index (χ1n) is 5.99. The van der Waals surface area contributed by atoms with Crippen LogP contribution in [0.4, 0.5) is 5.69 Å². The highest BCUT2D eigenvalue weighted by molar-refractivity contribution is 8.00. The van der Waals surface area contributed by atoms with Gasteiger partial charge in [0, 0.05) is 21.9 Å². The number of ether oxygens (including phenoxy) is 1. The summed E-state index contributed by atoms with van der Waals surface area (Å²) >= 11 is 1.70. The Hall–Kier alpha value is -0.870. The average molecular weight is 253 g/mol. The zero-order chi connectivity index (χ0) is 12.3. The van der Waals surface area contributed by atoms with Gasteiger partial charge in [-0.3, -0.25) is 0 Å². The SMILES string of the molecule is COc1cc(N)ccc1SC1CCCCC1O. The Bertz CT molecular complexity index is 384. The van der Waals surface area contributed by atoms with Crippen molar-refractivity contribution in [1.29, 1.82) is 0 Å². The molecular formula is C13H19NO2S. The van der Waals surface area contributed by atoms with Crippen LogP contribution in [0.25, 0.3) is 0 Å². The number of nitrogens with two attached hydrogens (primary N) is 1. The monoisotopic (exact) mass is 253 g/mol. The third-order valence-corrected chi connectivity index (χ3v) is 4.58. The Morgan fingerprint density at radius 3 is 2.82 bits per heavy atom. The topological polar surface area (TPSA) is 55.5 Å². The molecule has 1 aliphatic carbocycles. The van der Waals surface area contributed by atoms with Crippen LogP contribution in [0.15, 0.2) is 23.1 Å². The first kappa shape index (κ1) is 12.6. The van der Waals surface area contributed by atoms with Gasteiger partial charge in [0.25, 0.3) is 0 Å². The van der Waals surface area contributed by atoms with E-state index in [1.807, 2.05) is 18.2 Å². The normalized spacial score (nSPS) is 24.6. The molecule has 0 saturated heterocycles. The van der Waals surface area contributed by atoms with Crippen LogP contribution in [0.5, 0.6) is 5.75 Å². The van der Waals surface area contributed by atoms with Crippen molar-refractivity contribution in [3.63, 3.8) is 0 Å². The molecule has 3 N–H and O–H groups in total. The van der Waals surface area contributed by atoms with Crippen LogP contribution >= 0.6 is 11.8 Å². The number of hydrogen-bond acceptors (Lipinski definition) is 4. The van der Waals surface area contributed by atoms with Gasteiger partial charge in [0.2, 0.25) is 0 Å². The van der Waals surface area contributed by atoms with Crippen molar-refractivity contribution in [1.82, 2.24) is 0 Å². The third kappa shape index (κ3) is 3.07. The molecule has 0 amide bonds. The number of aliphatic hydroxyl groups excluding tert-OH is 1. The van der Waals surface area contributed by atoms with E-state index in [4.69, 9.17) is 10.5 Å². The summed E-state index contributed by atoms with van der Waals surface area (Å²) in [5.41, 5.74) is 6.43. The fourth-order valence-electron chi connectivity index (χ4n) is 2.16. The fraction of sp³-hybridized carbons (Fsp3) is 0.538. The van der Waals surface area contributed by atoms with Gasteiger partial charge in [0.05, 0.1) is 13.2 Å². The molecule has 4 heteroatoms. The molecule has 0 spiro atoms. The summed E-state index contributed by atoms with van der Waals surface area (Å²) in [6, 6.07) is 5.68. The van der Waals surface area contributed by atoms with E-state index in [-0.39, 0.29) is 11.4 Å². The summed E-state index contributed by atoms with van der Waals surface area (Å²) < 4.78 is 5.32. The predicted molar refractivity (Wildman–Crippen MR) is 71.5 cm³/mol. The average Bonchev–Trinajstić information content (AvgIpc) is 2.34. The van der Waals surface area contributed by atoms with Crippen molar-refractivity contribution in [2.45, 2.75) is 41.9 Å². The molecular weight excluding hydrogens is 234 g/mol. The minimum Gasteiger partial charge on any atom is -0.496 e. The lowest BCUT2D eigenvalue weighted by atomic mass is 9.97. The van der Waals surface area contributed by atoms with Crippen molar-refractivity contribution in [2.24, 2.45) is 0 Å². The molecule has 1 aromatic rings. The number of rotatable bonds is 3. The van der Waals surface area contributed by atoms with Crippen LogP contribution in [0.2, 0.25) is 0 Å². The molecule has 1 saturated carbocycles. The summed E-state index contributed by atoms with van der Waals surface area (Å²) in [6.07, 6.45) is 4.12. The minimum absolute atomic E-state index is 0.198. The van der Waals surface area contributed by atoms with Crippen LogP contribution < -0.4 is 10.5 Å². The molecule has 94 valence electrons.